The zero-order chi connectivity index (χ0) is 30.3. The summed E-state index contributed by atoms with van der Waals surface area (Å²) in [6, 6.07) is 8.76. The van der Waals surface area contributed by atoms with E-state index in [1.807, 2.05) is 0 Å². The predicted octanol–water partition coefficient (Wildman–Crippen LogP) is 4.01. The molecule has 2 bridgehead atoms. The highest BCUT2D eigenvalue weighted by Gasteiger charge is 2.70. The first-order chi connectivity index (χ1) is 20.5. The molecular weight excluding hydrogens is 601 g/mol. The van der Waals surface area contributed by atoms with E-state index in [1.165, 1.54) is 49.0 Å². The number of nitro benzene ring substituents is 1. The van der Waals surface area contributed by atoms with Crippen molar-refractivity contribution in [2.45, 2.75) is 42.2 Å². The highest BCUT2D eigenvalue weighted by Crippen LogP contribution is 2.69. The van der Waals surface area contributed by atoms with Gasteiger partial charge < -0.3 is 14.8 Å². The van der Waals surface area contributed by atoms with E-state index in [-0.39, 0.29) is 40.2 Å². The number of halogens is 1. The minimum absolute atomic E-state index is 0.0582. The number of carboxylic acid groups (broad SMARTS) is 1. The van der Waals surface area contributed by atoms with E-state index in [2.05, 4.69) is 4.98 Å². The van der Waals surface area contributed by atoms with Crippen LogP contribution in [0.2, 0.25) is 0 Å². The summed E-state index contributed by atoms with van der Waals surface area (Å²) in [7, 11) is 0. The molecule has 2 aliphatic carbocycles. The average Bonchev–Trinajstić information content (AvgIpc) is 3.71. The van der Waals surface area contributed by atoms with Crippen LogP contribution in [0.4, 0.5) is 10.1 Å². The number of nitrogens with one attached hydrogen (secondary N) is 1. The number of H-pyrrole nitrogens is 1. The van der Waals surface area contributed by atoms with Crippen LogP contribution in [0.3, 0.4) is 0 Å². The fourth-order valence-electron chi connectivity index (χ4n) is 7.65. The summed E-state index contributed by atoms with van der Waals surface area (Å²) in [6.45, 7) is 1.38. The number of aliphatic carboxylic acids is 1. The van der Waals surface area contributed by atoms with Gasteiger partial charge in [0.15, 0.2) is 0 Å². The number of thiazole rings is 1. The van der Waals surface area contributed by atoms with Gasteiger partial charge in [0.2, 0.25) is 11.8 Å². The first-order valence-corrected chi connectivity index (χ1v) is 15.4. The number of non-ortho nitro benzene ring substituents is 1. The fraction of sp³-hybridized carbons (Fsp3) is 0.379. The zero-order valence-electron chi connectivity index (χ0n) is 22.5. The van der Waals surface area contributed by atoms with Crippen LogP contribution in [-0.2, 0) is 21.0 Å². The normalized spacial score (nSPS) is 29.3. The minimum atomic E-state index is -1.29. The van der Waals surface area contributed by atoms with Gasteiger partial charge in [-0.05, 0) is 54.9 Å². The van der Waals surface area contributed by atoms with Crippen molar-refractivity contribution in [2.24, 2.45) is 29.6 Å². The Labute approximate surface area is 251 Å². The second-order valence-electron chi connectivity index (χ2n) is 11.4. The van der Waals surface area contributed by atoms with E-state index in [0.29, 0.717) is 33.2 Å². The summed E-state index contributed by atoms with van der Waals surface area (Å²) in [5, 5.41) is 21.9. The lowest BCUT2D eigenvalue weighted by atomic mass is 9.68. The van der Waals surface area contributed by atoms with Crippen LogP contribution in [-0.4, -0.2) is 49.0 Å². The SMILES string of the molecule is C[C@H](C(=O)O)N1C(=O)[C@@H]2[C@H]3C[C@@H]([C@@H]2C1=O)[C@@H]1[C@@H](c2cc([N+](=O)[O-])ccc2OCc2ccc(F)cc2)c2sc(=O)[nH]c2S[C@@H]31. The van der Waals surface area contributed by atoms with Crippen molar-refractivity contribution in [2.75, 3.05) is 0 Å². The molecule has 1 saturated heterocycles. The first-order valence-electron chi connectivity index (χ1n) is 13.7. The number of benzene rings is 2. The van der Waals surface area contributed by atoms with Crippen molar-refractivity contribution in [1.29, 1.82) is 0 Å². The lowest BCUT2D eigenvalue weighted by Crippen LogP contribution is -2.44. The molecule has 2 saturated carbocycles. The molecule has 11 nitrogen and oxygen atoms in total. The Morgan fingerprint density at radius 1 is 1.16 bits per heavy atom. The molecule has 2 aliphatic heterocycles. The van der Waals surface area contributed by atoms with Crippen LogP contribution in [0.25, 0.3) is 0 Å². The smallest absolute Gasteiger partial charge is 0.326 e. The third kappa shape index (κ3) is 4.21. The van der Waals surface area contributed by atoms with Crippen molar-refractivity contribution in [3.05, 3.63) is 84.1 Å². The van der Waals surface area contributed by atoms with Crippen LogP contribution in [0.5, 0.6) is 5.75 Å². The summed E-state index contributed by atoms with van der Waals surface area (Å²) >= 11 is 2.46. The number of fused-ring (bicyclic) bond motifs is 9. The van der Waals surface area contributed by atoms with Gasteiger partial charge in [0.1, 0.15) is 24.2 Å². The molecule has 0 radical (unpaired) electrons. The summed E-state index contributed by atoms with van der Waals surface area (Å²) in [5.41, 5.74) is 0.998. The number of aromatic nitrogens is 1. The first kappa shape index (κ1) is 27.8. The molecule has 14 heteroatoms. The highest BCUT2D eigenvalue weighted by molar-refractivity contribution is 8.00. The number of hydrogen-bond donors (Lipinski definition) is 2. The minimum Gasteiger partial charge on any atom is -0.489 e. The quantitative estimate of drug-likeness (QED) is 0.225. The number of imide groups is 1. The van der Waals surface area contributed by atoms with Gasteiger partial charge in [0.25, 0.3) is 5.69 Å². The lowest BCUT2D eigenvalue weighted by molar-refractivity contribution is -0.385. The summed E-state index contributed by atoms with van der Waals surface area (Å²) in [5.74, 6) is -5.03. The maximum atomic E-state index is 13.6. The van der Waals surface area contributed by atoms with Crippen LogP contribution in [0, 0.1) is 45.5 Å². The number of nitrogens with zero attached hydrogens (tertiary/aromatic N) is 2. The zero-order valence-corrected chi connectivity index (χ0v) is 24.1. The monoisotopic (exact) mass is 625 g/mol. The molecule has 7 rings (SSSR count). The number of hydrogen-bond acceptors (Lipinski definition) is 9. The van der Waals surface area contributed by atoms with Crippen molar-refractivity contribution >= 4 is 46.6 Å². The molecule has 3 heterocycles. The third-order valence-electron chi connectivity index (χ3n) is 9.35. The van der Waals surface area contributed by atoms with E-state index in [9.17, 15) is 38.8 Å². The highest BCUT2D eigenvalue weighted by atomic mass is 32.2. The van der Waals surface area contributed by atoms with Crippen LogP contribution in [0.1, 0.15) is 35.3 Å². The third-order valence-corrected chi connectivity index (χ3v) is 11.9. The Balaban J connectivity index is 1.33. The molecule has 3 aromatic rings. The van der Waals surface area contributed by atoms with E-state index in [4.69, 9.17) is 4.74 Å². The Bertz CT molecular complexity index is 1760. The van der Waals surface area contributed by atoms with Gasteiger partial charge >= 0.3 is 10.8 Å². The number of amides is 2. The second kappa shape index (κ2) is 10.0. The fourth-order valence-corrected chi connectivity index (χ4v) is 10.5. The van der Waals surface area contributed by atoms with Crippen LogP contribution >= 0.6 is 23.1 Å². The molecule has 8 atom stereocenters. The number of rotatable bonds is 7. The van der Waals surface area contributed by atoms with Gasteiger partial charge in [-0.2, -0.15) is 0 Å². The molecule has 43 heavy (non-hydrogen) atoms. The number of likely N-dealkylation sites (tertiary alicyclic amines) is 1. The Morgan fingerprint density at radius 2 is 1.86 bits per heavy atom. The van der Waals surface area contributed by atoms with Gasteiger partial charge in [0, 0.05) is 33.7 Å². The van der Waals surface area contributed by atoms with Gasteiger partial charge in [-0.25, -0.2) is 9.18 Å². The van der Waals surface area contributed by atoms with E-state index in [0.717, 1.165) is 16.2 Å². The average molecular weight is 626 g/mol. The van der Waals surface area contributed by atoms with Gasteiger partial charge in [-0.1, -0.05) is 23.5 Å². The topological polar surface area (TPSA) is 160 Å². The Hall–Kier alpha value is -4.04. The molecule has 1 aromatic heterocycles. The van der Waals surface area contributed by atoms with Gasteiger partial charge in [-0.15, -0.1) is 11.8 Å². The largest absolute Gasteiger partial charge is 0.489 e. The number of carboxylic acids is 1. The summed E-state index contributed by atoms with van der Waals surface area (Å²) in [4.78, 5) is 67.0. The molecule has 4 aliphatic rings. The Kier molecular flexibility index (Phi) is 6.47. The molecule has 2 aromatic carbocycles. The molecule has 2 N–H and O–H groups in total. The van der Waals surface area contributed by atoms with E-state index < -0.39 is 52.3 Å². The van der Waals surface area contributed by atoms with Crippen molar-refractivity contribution < 1.29 is 33.5 Å². The molecule has 3 fully saturated rings. The Morgan fingerprint density at radius 3 is 2.53 bits per heavy atom. The molecule has 0 spiro atoms. The van der Waals surface area contributed by atoms with Crippen LogP contribution < -0.4 is 9.61 Å². The number of nitro groups is 1. The second-order valence-corrected chi connectivity index (χ2v) is 13.6. The number of ether oxygens (including phenoxy) is 1. The number of carbonyl (C=O) groups is 3. The lowest BCUT2D eigenvalue weighted by Gasteiger charge is -2.43. The molecule has 222 valence electrons. The summed E-state index contributed by atoms with van der Waals surface area (Å²) < 4.78 is 19.6. The molecule has 2 amide bonds. The number of thioether (sulfide) groups is 1. The van der Waals surface area contributed by atoms with E-state index in [1.54, 1.807) is 12.1 Å². The molecule has 0 unspecified atom stereocenters. The van der Waals surface area contributed by atoms with E-state index >= 15 is 0 Å². The summed E-state index contributed by atoms with van der Waals surface area (Å²) in [6.07, 6.45) is 0.570. The molecular formula is C29H24FN3O8S2. The van der Waals surface area contributed by atoms with Crippen molar-refractivity contribution in [3.8, 4) is 5.75 Å². The van der Waals surface area contributed by atoms with Gasteiger partial charge in [-0.3, -0.25) is 29.4 Å². The standard InChI is InChI=1S/C29H24FN3O8S2/c1-11(28(36)37)32-26(34)21-16-9-17(22(21)27(32)35)23-20(16)19(24-25(42-23)31-29(38)43-24)15-8-14(33(39)40)6-7-18(15)41-10-12-2-4-13(30)5-3-12/h2-8,11,16-17,19-23H,9-10H2,1H3,(H,31,38)(H,36,37)/t11-,16-,17-,19-,20-,21+,22-,23+/m1/s1. The van der Waals surface area contributed by atoms with Crippen LogP contribution in [0.15, 0.2) is 52.3 Å². The number of carbonyl (C=O) groups excluding carboxylic acids is 2. The van der Waals surface area contributed by atoms with Crippen molar-refractivity contribution in [3.63, 3.8) is 0 Å². The van der Waals surface area contributed by atoms with Gasteiger partial charge in [0.05, 0.1) is 21.8 Å². The number of aromatic amines is 1. The predicted molar refractivity (Wildman–Crippen MR) is 151 cm³/mol. The maximum absolute atomic E-state index is 13.6. The van der Waals surface area contributed by atoms with Crippen molar-refractivity contribution in [1.82, 2.24) is 9.88 Å². The maximum Gasteiger partial charge on any atom is 0.326 e.